The number of carbonyl (C=O) groups excluding carboxylic acids is 1. The molecule has 0 radical (unpaired) electrons. The van der Waals surface area contributed by atoms with Crippen LogP contribution in [0.4, 0.5) is 0 Å². The van der Waals surface area contributed by atoms with E-state index in [-0.39, 0.29) is 11.9 Å². The van der Waals surface area contributed by atoms with Gasteiger partial charge in [-0.15, -0.1) is 0 Å². The van der Waals surface area contributed by atoms with Crippen LogP contribution in [-0.4, -0.2) is 26.3 Å². The summed E-state index contributed by atoms with van der Waals surface area (Å²) in [7, 11) is 1.68. The number of methoxy groups -OCH3 is 1. The van der Waals surface area contributed by atoms with E-state index in [1.807, 2.05) is 6.92 Å². The molecule has 0 spiro atoms. The third kappa shape index (κ3) is 4.12. The van der Waals surface area contributed by atoms with E-state index < -0.39 is 0 Å². The Morgan fingerprint density at radius 2 is 2.00 bits per heavy atom. The summed E-state index contributed by atoms with van der Waals surface area (Å²) >= 11 is 0. The van der Waals surface area contributed by atoms with Crippen molar-refractivity contribution >= 4 is 5.97 Å². The van der Waals surface area contributed by atoms with Gasteiger partial charge in [0, 0.05) is 13.7 Å². The van der Waals surface area contributed by atoms with Crippen LogP contribution in [0.25, 0.3) is 0 Å². The highest BCUT2D eigenvalue weighted by Gasteiger charge is 2.30. The molecule has 0 amide bonds. The van der Waals surface area contributed by atoms with E-state index in [0.29, 0.717) is 19.1 Å². The molecule has 1 unspecified atom stereocenters. The summed E-state index contributed by atoms with van der Waals surface area (Å²) in [6.07, 6.45) is 6.98. The minimum Gasteiger partial charge on any atom is -0.466 e. The molecule has 3 heteroatoms. The van der Waals surface area contributed by atoms with Gasteiger partial charge in [-0.1, -0.05) is 19.3 Å². The average Bonchev–Trinajstić information content (AvgIpc) is 2.31. The molecule has 1 aliphatic carbocycles. The first-order valence-corrected chi connectivity index (χ1v) is 6.45. The van der Waals surface area contributed by atoms with E-state index in [1.165, 1.54) is 32.1 Å². The fourth-order valence-corrected chi connectivity index (χ4v) is 2.58. The Hall–Kier alpha value is -0.570. The molecule has 1 saturated carbocycles. The van der Waals surface area contributed by atoms with Gasteiger partial charge in [-0.2, -0.15) is 0 Å². The monoisotopic (exact) mass is 228 g/mol. The second kappa shape index (κ2) is 7.66. The molecule has 0 saturated heterocycles. The van der Waals surface area contributed by atoms with Crippen molar-refractivity contribution in [3.63, 3.8) is 0 Å². The summed E-state index contributed by atoms with van der Waals surface area (Å²) in [6, 6.07) is 0. The lowest BCUT2D eigenvalue weighted by molar-refractivity contribution is -0.151. The quantitative estimate of drug-likeness (QED) is 0.656. The zero-order valence-electron chi connectivity index (χ0n) is 10.5. The van der Waals surface area contributed by atoms with Crippen molar-refractivity contribution in [2.24, 2.45) is 11.8 Å². The van der Waals surface area contributed by atoms with E-state index >= 15 is 0 Å². The van der Waals surface area contributed by atoms with Crippen LogP contribution in [0.5, 0.6) is 0 Å². The molecule has 0 aliphatic heterocycles. The third-order valence-electron chi connectivity index (χ3n) is 3.44. The lowest BCUT2D eigenvalue weighted by atomic mass is 9.78. The summed E-state index contributed by atoms with van der Waals surface area (Å²) in [4.78, 5) is 11.9. The van der Waals surface area contributed by atoms with Gasteiger partial charge in [-0.05, 0) is 32.1 Å². The third-order valence-corrected chi connectivity index (χ3v) is 3.44. The lowest BCUT2D eigenvalue weighted by Crippen LogP contribution is -2.28. The van der Waals surface area contributed by atoms with E-state index in [4.69, 9.17) is 9.47 Å². The van der Waals surface area contributed by atoms with Gasteiger partial charge < -0.3 is 9.47 Å². The van der Waals surface area contributed by atoms with Gasteiger partial charge >= 0.3 is 5.97 Å². The molecule has 0 bridgehead atoms. The van der Waals surface area contributed by atoms with E-state index in [0.717, 1.165) is 6.42 Å². The number of carbonyl (C=O) groups is 1. The number of hydrogen-bond donors (Lipinski definition) is 0. The van der Waals surface area contributed by atoms with Crippen molar-refractivity contribution in [3.8, 4) is 0 Å². The molecule has 1 aliphatic rings. The smallest absolute Gasteiger partial charge is 0.309 e. The van der Waals surface area contributed by atoms with Crippen LogP contribution in [0.1, 0.15) is 45.4 Å². The fraction of sp³-hybridized carbons (Fsp3) is 0.923. The van der Waals surface area contributed by atoms with Gasteiger partial charge in [-0.25, -0.2) is 0 Å². The molecule has 0 heterocycles. The Morgan fingerprint density at radius 1 is 1.31 bits per heavy atom. The Bertz CT molecular complexity index is 197. The maximum atomic E-state index is 11.9. The molecule has 16 heavy (non-hydrogen) atoms. The van der Waals surface area contributed by atoms with Crippen molar-refractivity contribution in [3.05, 3.63) is 0 Å². The van der Waals surface area contributed by atoms with Gasteiger partial charge in [0.25, 0.3) is 0 Å². The zero-order valence-corrected chi connectivity index (χ0v) is 10.5. The molecule has 0 aromatic heterocycles. The fourth-order valence-electron chi connectivity index (χ4n) is 2.58. The topological polar surface area (TPSA) is 35.5 Å². The number of ether oxygens (including phenoxy) is 2. The van der Waals surface area contributed by atoms with Crippen LogP contribution < -0.4 is 0 Å². The molecule has 1 rings (SSSR count). The molecule has 1 atom stereocenters. The van der Waals surface area contributed by atoms with Gasteiger partial charge in [0.15, 0.2) is 0 Å². The first kappa shape index (κ1) is 13.5. The first-order valence-electron chi connectivity index (χ1n) is 6.45. The highest BCUT2D eigenvalue weighted by molar-refractivity contribution is 5.72. The van der Waals surface area contributed by atoms with E-state index in [9.17, 15) is 4.79 Å². The maximum absolute atomic E-state index is 11.9. The van der Waals surface area contributed by atoms with Crippen LogP contribution in [0.3, 0.4) is 0 Å². The molecular formula is C13H24O3. The highest BCUT2D eigenvalue weighted by Crippen LogP contribution is 2.32. The van der Waals surface area contributed by atoms with Crippen molar-refractivity contribution in [1.82, 2.24) is 0 Å². The van der Waals surface area contributed by atoms with Crippen LogP contribution in [0.15, 0.2) is 0 Å². The second-order valence-corrected chi connectivity index (χ2v) is 4.54. The molecule has 0 aromatic carbocycles. The minimum absolute atomic E-state index is 0.0218. The molecule has 1 fully saturated rings. The lowest BCUT2D eigenvalue weighted by Gasteiger charge is -2.28. The largest absolute Gasteiger partial charge is 0.466 e. The van der Waals surface area contributed by atoms with E-state index in [2.05, 4.69) is 0 Å². The van der Waals surface area contributed by atoms with Gasteiger partial charge in [0.05, 0.1) is 12.5 Å². The van der Waals surface area contributed by atoms with Gasteiger partial charge in [0.2, 0.25) is 0 Å². The summed E-state index contributed by atoms with van der Waals surface area (Å²) in [5.41, 5.74) is 0. The van der Waals surface area contributed by atoms with Crippen LogP contribution in [-0.2, 0) is 14.3 Å². The van der Waals surface area contributed by atoms with Crippen molar-refractivity contribution in [2.75, 3.05) is 20.3 Å². The normalized spacial score (nSPS) is 19.4. The highest BCUT2D eigenvalue weighted by atomic mass is 16.5. The summed E-state index contributed by atoms with van der Waals surface area (Å²) < 4.78 is 10.2. The van der Waals surface area contributed by atoms with Crippen molar-refractivity contribution in [2.45, 2.75) is 45.4 Å². The van der Waals surface area contributed by atoms with Gasteiger partial charge in [0.1, 0.15) is 0 Å². The predicted molar refractivity (Wildman–Crippen MR) is 63.2 cm³/mol. The number of hydrogen-bond acceptors (Lipinski definition) is 3. The molecule has 0 aromatic rings. The molecular weight excluding hydrogens is 204 g/mol. The molecule has 94 valence electrons. The SMILES string of the molecule is CCOC(=O)C(CCOC)C1CCCCC1. The summed E-state index contributed by atoms with van der Waals surface area (Å²) in [5, 5.41) is 0. The molecule has 0 N–H and O–H groups in total. The Morgan fingerprint density at radius 3 is 2.56 bits per heavy atom. The second-order valence-electron chi connectivity index (χ2n) is 4.54. The average molecular weight is 228 g/mol. The van der Waals surface area contributed by atoms with Crippen LogP contribution in [0, 0.1) is 11.8 Å². The Labute approximate surface area is 98.5 Å². The number of esters is 1. The molecule has 3 nitrogen and oxygen atoms in total. The van der Waals surface area contributed by atoms with Crippen molar-refractivity contribution < 1.29 is 14.3 Å². The maximum Gasteiger partial charge on any atom is 0.309 e. The van der Waals surface area contributed by atoms with Crippen molar-refractivity contribution in [1.29, 1.82) is 0 Å². The number of rotatable bonds is 6. The predicted octanol–water partition coefficient (Wildman–Crippen LogP) is 2.78. The zero-order chi connectivity index (χ0) is 11.8. The van der Waals surface area contributed by atoms with E-state index in [1.54, 1.807) is 7.11 Å². The Kier molecular flexibility index (Phi) is 6.46. The van der Waals surface area contributed by atoms with Crippen LogP contribution in [0.2, 0.25) is 0 Å². The summed E-state index contributed by atoms with van der Waals surface area (Å²) in [5.74, 6) is 0.551. The van der Waals surface area contributed by atoms with Gasteiger partial charge in [-0.3, -0.25) is 4.79 Å². The van der Waals surface area contributed by atoms with Crippen LogP contribution >= 0.6 is 0 Å². The summed E-state index contributed by atoms with van der Waals surface area (Å²) in [6.45, 7) is 3.00. The minimum atomic E-state index is -0.0218. The first-order chi connectivity index (χ1) is 7.79. The Balaban J connectivity index is 2.50. The standard InChI is InChI=1S/C13H24O3/c1-3-16-13(14)12(9-10-15-2)11-7-5-4-6-8-11/h11-12H,3-10H2,1-2H3.